The number of aryl methyl sites for hydroxylation is 2. The highest BCUT2D eigenvalue weighted by Crippen LogP contribution is 2.40. The maximum atomic E-state index is 2.39. The first-order valence-electron chi connectivity index (χ1n) is 10.5. The molecule has 6 aromatic rings. The van der Waals surface area contributed by atoms with Crippen molar-refractivity contribution in [2.75, 3.05) is 0 Å². The standard InChI is InChI=1S/C30H22/c1-19-17-21-15-16-22(18-29(21)26-12-6-3-9-23(19)26)30-27-13-7-4-10-24(27)20(2)25-11-5-8-14-28(25)30/h3-18H,1-2H3. The lowest BCUT2D eigenvalue weighted by atomic mass is 9.87. The third-order valence-electron chi connectivity index (χ3n) is 6.56. The predicted molar refractivity (Wildman–Crippen MR) is 131 cm³/mol. The van der Waals surface area contributed by atoms with Gasteiger partial charge in [-0.2, -0.15) is 0 Å². The molecule has 0 spiro atoms. The fourth-order valence-electron chi connectivity index (χ4n) is 5.10. The number of hydrogen-bond acceptors (Lipinski definition) is 0. The van der Waals surface area contributed by atoms with Gasteiger partial charge in [0.2, 0.25) is 0 Å². The molecule has 0 heterocycles. The Morgan fingerprint density at radius 3 is 1.60 bits per heavy atom. The van der Waals surface area contributed by atoms with Gasteiger partial charge in [0.1, 0.15) is 0 Å². The van der Waals surface area contributed by atoms with Crippen molar-refractivity contribution in [1.29, 1.82) is 0 Å². The predicted octanol–water partition coefficient (Wildman–Crippen LogP) is 8.58. The average molecular weight is 383 g/mol. The summed E-state index contributed by atoms with van der Waals surface area (Å²) < 4.78 is 0. The van der Waals surface area contributed by atoms with Gasteiger partial charge in [-0.3, -0.25) is 0 Å². The molecule has 0 nitrogen and oxygen atoms in total. The van der Waals surface area contributed by atoms with Gasteiger partial charge in [-0.25, -0.2) is 0 Å². The molecule has 0 aliphatic heterocycles. The quantitative estimate of drug-likeness (QED) is 0.197. The van der Waals surface area contributed by atoms with E-state index in [1.807, 2.05) is 0 Å². The summed E-state index contributed by atoms with van der Waals surface area (Å²) in [6, 6.07) is 35.7. The summed E-state index contributed by atoms with van der Waals surface area (Å²) in [5, 5.41) is 10.6. The monoisotopic (exact) mass is 382 g/mol. The van der Waals surface area contributed by atoms with Gasteiger partial charge in [0, 0.05) is 0 Å². The third-order valence-corrected chi connectivity index (χ3v) is 6.56. The van der Waals surface area contributed by atoms with Crippen molar-refractivity contribution in [1.82, 2.24) is 0 Å². The van der Waals surface area contributed by atoms with Crippen LogP contribution in [-0.4, -0.2) is 0 Å². The van der Waals surface area contributed by atoms with Gasteiger partial charge in [0.15, 0.2) is 0 Å². The highest BCUT2D eigenvalue weighted by atomic mass is 14.2. The van der Waals surface area contributed by atoms with Crippen LogP contribution in [0.15, 0.2) is 97.1 Å². The number of rotatable bonds is 1. The Kier molecular flexibility index (Phi) is 3.70. The average Bonchev–Trinajstić information content (AvgIpc) is 2.80. The first kappa shape index (κ1) is 17.2. The van der Waals surface area contributed by atoms with Crippen molar-refractivity contribution in [2.45, 2.75) is 13.8 Å². The zero-order chi connectivity index (χ0) is 20.2. The number of hydrogen-bond donors (Lipinski definition) is 0. The molecular weight excluding hydrogens is 360 g/mol. The van der Waals surface area contributed by atoms with E-state index in [-0.39, 0.29) is 0 Å². The van der Waals surface area contributed by atoms with Gasteiger partial charge >= 0.3 is 0 Å². The van der Waals surface area contributed by atoms with Crippen LogP contribution in [0.4, 0.5) is 0 Å². The highest BCUT2D eigenvalue weighted by molar-refractivity contribution is 6.17. The van der Waals surface area contributed by atoms with Crippen LogP contribution in [0.2, 0.25) is 0 Å². The number of benzene rings is 6. The Hall–Kier alpha value is -3.64. The van der Waals surface area contributed by atoms with Gasteiger partial charge in [-0.1, -0.05) is 91.0 Å². The van der Waals surface area contributed by atoms with Crippen LogP contribution in [0, 0.1) is 13.8 Å². The second kappa shape index (κ2) is 6.43. The van der Waals surface area contributed by atoms with Crippen LogP contribution >= 0.6 is 0 Å². The van der Waals surface area contributed by atoms with Gasteiger partial charge in [-0.05, 0) is 85.3 Å². The molecule has 0 aliphatic rings. The van der Waals surface area contributed by atoms with Crippen LogP contribution < -0.4 is 0 Å². The minimum atomic E-state index is 1.28. The Labute approximate surface area is 176 Å². The van der Waals surface area contributed by atoms with E-state index in [0.29, 0.717) is 0 Å². The van der Waals surface area contributed by atoms with Crippen molar-refractivity contribution in [3.8, 4) is 11.1 Å². The van der Waals surface area contributed by atoms with E-state index < -0.39 is 0 Å². The van der Waals surface area contributed by atoms with E-state index in [0.717, 1.165) is 0 Å². The van der Waals surface area contributed by atoms with Crippen molar-refractivity contribution in [3.05, 3.63) is 108 Å². The Morgan fingerprint density at radius 1 is 0.433 bits per heavy atom. The SMILES string of the molecule is Cc1c2ccccc2c(-c2ccc3cc(C)c4ccccc4c3c2)c2ccccc12. The zero-order valence-corrected chi connectivity index (χ0v) is 17.2. The lowest BCUT2D eigenvalue weighted by Gasteiger charge is -2.16. The molecule has 0 aliphatic carbocycles. The van der Waals surface area contributed by atoms with Crippen LogP contribution in [0.1, 0.15) is 11.1 Å². The van der Waals surface area contributed by atoms with Crippen LogP contribution in [-0.2, 0) is 0 Å². The third kappa shape index (κ3) is 2.40. The van der Waals surface area contributed by atoms with Crippen molar-refractivity contribution >= 4 is 43.1 Å². The summed E-state index contributed by atoms with van der Waals surface area (Å²) in [6.07, 6.45) is 0. The zero-order valence-electron chi connectivity index (χ0n) is 17.2. The van der Waals surface area contributed by atoms with Crippen LogP contribution in [0.3, 0.4) is 0 Å². The summed E-state index contributed by atoms with van der Waals surface area (Å²) in [5.74, 6) is 0. The summed E-state index contributed by atoms with van der Waals surface area (Å²) >= 11 is 0. The molecule has 6 aromatic carbocycles. The lowest BCUT2D eigenvalue weighted by molar-refractivity contribution is 1.55. The molecule has 0 N–H and O–H groups in total. The van der Waals surface area contributed by atoms with Crippen molar-refractivity contribution in [2.24, 2.45) is 0 Å². The minimum absolute atomic E-state index is 1.28. The molecule has 0 amide bonds. The molecule has 30 heavy (non-hydrogen) atoms. The summed E-state index contributed by atoms with van der Waals surface area (Å²) in [6.45, 7) is 4.45. The summed E-state index contributed by atoms with van der Waals surface area (Å²) in [5.41, 5.74) is 5.30. The van der Waals surface area contributed by atoms with Gasteiger partial charge in [-0.15, -0.1) is 0 Å². The molecule has 6 rings (SSSR count). The fourth-order valence-corrected chi connectivity index (χ4v) is 5.10. The first-order chi connectivity index (χ1) is 14.7. The maximum absolute atomic E-state index is 2.39. The summed E-state index contributed by atoms with van der Waals surface area (Å²) in [4.78, 5) is 0. The molecular formula is C30H22. The topological polar surface area (TPSA) is 0 Å². The minimum Gasteiger partial charge on any atom is -0.0616 e. The molecule has 0 heteroatoms. The van der Waals surface area contributed by atoms with E-state index in [2.05, 4.69) is 111 Å². The van der Waals surface area contributed by atoms with E-state index in [9.17, 15) is 0 Å². The molecule has 0 radical (unpaired) electrons. The molecule has 0 atom stereocenters. The van der Waals surface area contributed by atoms with E-state index in [1.165, 1.54) is 65.3 Å². The second-order valence-corrected chi connectivity index (χ2v) is 8.27. The van der Waals surface area contributed by atoms with Crippen molar-refractivity contribution in [3.63, 3.8) is 0 Å². The maximum Gasteiger partial charge on any atom is -0.00264 e. The highest BCUT2D eigenvalue weighted by Gasteiger charge is 2.14. The van der Waals surface area contributed by atoms with Gasteiger partial charge < -0.3 is 0 Å². The van der Waals surface area contributed by atoms with Crippen LogP contribution in [0.25, 0.3) is 54.2 Å². The van der Waals surface area contributed by atoms with Gasteiger partial charge in [0.05, 0.1) is 0 Å². The van der Waals surface area contributed by atoms with E-state index in [1.54, 1.807) is 0 Å². The number of fused-ring (bicyclic) bond motifs is 5. The van der Waals surface area contributed by atoms with E-state index >= 15 is 0 Å². The Morgan fingerprint density at radius 2 is 0.967 bits per heavy atom. The molecule has 0 unspecified atom stereocenters. The Balaban J connectivity index is 1.79. The van der Waals surface area contributed by atoms with E-state index in [4.69, 9.17) is 0 Å². The Bertz CT molecular complexity index is 1540. The fraction of sp³-hybridized carbons (Fsp3) is 0.0667. The largest absolute Gasteiger partial charge is 0.0616 e. The lowest BCUT2D eigenvalue weighted by Crippen LogP contribution is -1.90. The summed E-state index contributed by atoms with van der Waals surface area (Å²) in [7, 11) is 0. The first-order valence-corrected chi connectivity index (χ1v) is 10.5. The van der Waals surface area contributed by atoms with Gasteiger partial charge in [0.25, 0.3) is 0 Å². The molecule has 0 saturated carbocycles. The molecule has 0 bridgehead atoms. The molecule has 0 saturated heterocycles. The molecule has 0 aromatic heterocycles. The second-order valence-electron chi connectivity index (χ2n) is 8.27. The smallest absolute Gasteiger partial charge is 0.00264 e. The molecule has 0 fully saturated rings. The molecule has 142 valence electrons. The normalized spacial score (nSPS) is 11.7. The van der Waals surface area contributed by atoms with Crippen molar-refractivity contribution < 1.29 is 0 Å². The van der Waals surface area contributed by atoms with Crippen LogP contribution in [0.5, 0.6) is 0 Å².